The van der Waals surface area contributed by atoms with Crippen LogP contribution in [0.5, 0.6) is 0 Å². The molecule has 3 N–H and O–H groups in total. The smallest absolute Gasteiger partial charge is 0.310 e. The molecule has 7 nitrogen and oxygen atoms in total. The van der Waals surface area contributed by atoms with Gasteiger partial charge in [0.25, 0.3) is 5.91 Å². The Morgan fingerprint density at radius 3 is 2.75 bits per heavy atom. The number of benzene rings is 2. The molecular weight excluding hydrogens is 406 g/mol. The second kappa shape index (κ2) is 9.45. The highest BCUT2D eigenvalue weighted by atomic mass is 16.5. The quantitative estimate of drug-likeness (QED) is 0.424. The number of esters is 1. The topological polar surface area (TPSA) is 107 Å². The van der Waals surface area contributed by atoms with Crippen molar-refractivity contribution in [2.75, 3.05) is 11.9 Å². The number of amides is 1. The number of anilines is 1. The highest BCUT2D eigenvalue weighted by Gasteiger charge is 2.17. The summed E-state index contributed by atoms with van der Waals surface area (Å²) >= 11 is 0. The van der Waals surface area contributed by atoms with Gasteiger partial charge < -0.3 is 20.2 Å². The average molecular weight is 429 g/mol. The normalized spacial score (nSPS) is 10.8. The molecule has 0 aliphatic rings. The Labute approximate surface area is 185 Å². The van der Waals surface area contributed by atoms with Crippen LogP contribution in [-0.4, -0.2) is 23.5 Å². The number of furan rings is 1. The fourth-order valence-electron chi connectivity index (χ4n) is 3.50. The molecule has 0 fully saturated rings. The van der Waals surface area contributed by atoms with Crippen LogP contribution in [0.1, 0.15) is 28.5 Å². The van der Waals surface area contributed by atoms with Crippen molar-refractivity contribution in [3.8, 4) is 11.1 Å². The maximum atomic E-state index is 13.1. The number of hydrogen-bond donors (Lipinski definition) is 2. The summed E-state index contributed by atoms with van der Waals surface area (Å²) in [6, 6.07) is 18.3. The zero-order chi connectivity index (χ0) is 22.5. The average Bonchev–Trinajstić information content (AvgIpc) is 3.28. The van der Waals surface area contributed by atoms with Gasteiger partial charge in [0.1, 0.15) is 11.2 Å². The van der Waals surface area contributed by atoms with Gasteiger partial charge in [-0.3, -0.25) is 9.59 Å². The van der Waals surface area contributed by atoms with E-state index in [1.807, 2.05) is 30.3 Å². The second-order valence-electron chi connectivity index (χ2n) is 7.19. The van der Waals surface area contributed by atoms with Gasteiger partial charge in [0.15, 0.2) is 5.58 Å². The van der Waals surface area contributed by atoms with Gasteiger partial charge in [-0.2, -0.15) is 0 Å². The summed E-state index contributed by atoms with van der Waals surface area (Å²) in [4.78, 5) is 29.5. The monoisotopic (exact) mass is 429 g/mol. The van der Waals surface area contributed by atoms with Crippen LogP contribution in [0.4, 0.5) is 5.69 Å². The molecule has 0 spiro atoms. The van der Waals surface area contributed by atoms with Crippen molar-refractivity contribution in [1.82, 2.24) is 4.98 Å². The summed E-state index contributed by atoms with van der Waals surface area (Å²) < 4.78 is 10.7. The van der Waals surface area contributed by atoms with E-state index in [1.165, 1.54) is 0 Å². The Hall–Kier alpha value is -3.97. The van der Waals surface area contributed by atoms with E-state index >= 15 is 0 Å². The number of aromatic nitrogens is 1. The third kappa shape index (κ3) is 4.53. The Kier molecular flexibility index (Phi) is 6.28. The number of hydrogen-bond acceptors (Lipinski definition) is 6. The lowest BCUT2D eigenvalue weighted by Gasteiger charge is -2.12. The Balaban J connectivity index is 1.68. The van der Waals surface area contributed by atoms with E-state index in [-0.39, 0.29) is 24.0 Å². The SMILES string of the molecule is CCOC(=O)Cc1ccccc1NC(=O)c1cc(-c2cccc(CN)c2)c2occc2n1. The van der Waals surface area contributed by atoms with Crippen LogP contribution in [0.3, 0.4) is 0 Å². The first-order valence-corrected chi connectivity index (χ1v) is 10.3. The van der Waals surface area contributed by atoms with Crippen molar-refractivity contribution in [2.24, 2.45) is 5.73 Å². The van der Waals surface area contributed by atoms with Crippen molar-refractivity contribution in [3.05, 3.63) is 83.7 Å². The van der Waals surface area contributed by atoms with Gasteiger partial charge in [-0.15, -0.1) is 0 Å². The van der Waals surface area contributed by atoms with Crippen LogP contribution in [0.2, 0.25) is 0 Å². The van der Waals surface area contributed by atoms with E-state index in [2.05, 4.69) is 10.3 Å². The molecule has 7 heteroatoms. The fraction of sp³-hybridized carbons (Fsp3) is 0.160. The Bertz CT molecular complexity index is 1280. The Morgan fingerprint density at radius 2 is 1.94 bits per heavy atom. The van der Waals surface area contributed by atoms with E-state index in [9.17, 15) is 9.59 Å². The third-order valence-corrected chi connectivity index (χ3v) is 5.02. The molecule has 0 bridgehead atoms. The zero-order valence-corrected chi connectivity index (χ0v) is 17.6. The molecule has 2 heterocycles. The predicted octanol–water partition coefficient (Wildman–Crippen LogP) is 4.31. The highest BCUT2D eigenvalue weighted by molar-refractivity contribution is 6.06. The maximum Gasteiger partial charge on any atom is 0.310 e. The van der Waals surface area contributed by atoms with Gasteiger partial charge in [-0.1, -0.05) is 36.4 Å². The van der Waals surface area contributed by atoms with Gasteiger partial charge in [-0.05, 0) is 41.8 Å². The molecule has 0 unspecified atom stereocenters. The van der Waals surface area contributed by atoms with Crippen molar-refractivity contribution in [2.45, 2.75) is 19.9 Å². The zero-order valence-electron chi connectivity index (χ0n) is 17.6. The van der Waals surface area contributed by atoms with Crippen LogP contribution in [0.25, 0.3) is 22.2 Å². The van der Waals surface area contributed by atoms with Crippen LogP contribution < -0.4 is 11.1 Å². The first kappa shape index (κ1) is 21.3. The van der Waals surface area contributed by atoms with Crippen LogP contribution in [0.15, 0.2) is 71.3 Å². The Morgan fingerprint density at radius 1 is 1.09 bits per heavy atom. The lowest BCUT2D eigenvalue weighted by atomic mass is 10.0. The second-order valence-corrected chi connectivity index (χ2v) is 7.19. The summed E-state index contributed by atoms with van der Waals surface area (Å²) in [6.45, 7) is 2.46. The molecule has 1 amide bonds. The molecule has 162 valence electrons. The molecule has 0 radical (unpaired) electrons. The molecule has 0 saturated heterocycles. The molecular formula is C25H23N3O4. The number of pyridine rings is 1. The summed E-state index contributed by atoms with van der Waals surface area (Å²) in [5.41, 5.74) is 11.0. The van der Waals surface area contributed by atoms with Gasteiger partial charge in [0, 0.05) is 23.9 Å². The summed E-state index contributed by atoms with van der Waals surface area (Å²) in [5, 5.41) is 2.87. The molecule has 4 rings (SSSR count). The maximum absolute atomic E-state index is 13.1. The van der Waals surface area contributed by atoms with Gasteiger partial charge in [-0.25, -0.2) is 4.98 Å². The molecule has 0 aliphatic carbocycles. The van der Waals surface area contributed by atoms with E-state index in [4.69, 9.17) is 14.9 Å². The van der Waals surface area contributed by atoms with Crippen LogP contribution in [0, 0.1) is 0 Å². The van der Waals surface area contributed by atoms with Gasteiger partial charge in [0.05, 0.1) is 19.3 Å². The van der Waals surface area contributed by atoms with Gasteiger partial charge in [0.2, 0.25) is 0 Å². The number of nitrogens with one attached hydrogen (secondary N) is 1. The summed E-state index contributed by atoms with van der Waals surface area (Å²) in [5.74, 6) is -0.741. The highest BCUT2D eigenvalue weighted by Crippen LogP contribution is 2.30. The first-order chi connectivity index (χ1) is 15.6. The number of carbonyl (C=O) groups excluding carboxylic acids is 2. The minimum absolute atomic E-state index is 0.0651. The molecule has 32 heavy (non-hydrogen) atoms. The summed E-state index contributed by atoms with van der Waals surface area (Å²) in [7, 11) is 0. The third-order valence-electron chi connectivity index (χ3n) is 5.02. The van der Waals surface area contributed by atoms with E-state index in [1.54, 1.807) is 43.5 Å². The number of nitrogens with two attached hydrogens (primary N) is 1. The molecule has 0 atom stereocenters. The van der Waals surface area contributed by atoms with Crippen molar-refractivity contribution < 1.29 is 18.7 Å². The minimum atomic E-state index is -0.388. The largest absolute Gasteiger partial charge is 0.466 e. The lowest BCUT2D eigenvalue weighted by molar-refractivity contribution is -0.142. The number of fused-ring (bicyclic) bond motifs is 1. The molecule has 2 aromatic carbocycles. The van der Waals surface area contributed by atoms with Crippen molar-refractivity contribution >= 4 is 28.7 Å². The fourth-order valence-corrected chi connectivity index (χ4v) is 3.50. The van der Waals surface area contributed by atoms with E-state index in [0.717, 1.165) is 16.7 Å². The number of rotatable bonds is 7. The van der Waals surface area contributed by atoms with Gasteiger partial charge >= 0.3 is 5.97 Å². The standard InChI is InChI=1S/C25H23N3O4/c1-2-31-23(29)13-18-7-3-4-9-20(18)28-25(30)22-14-19(24-21(27-22)10-11-32-24)17-8-5-6-16(12-17)15-26/h3-12,14H,2,13,15,26H2,1H3,(H,28,30). The van der Waals surface area contributed by atoms with Crippen molar-refractivity contribution in [3.63, 3.8) is 0 Å². The minimum Gasteiger partial charge on any atom is -0.466 e. The summed E-state index contributed by atoms with van der Waals surface area (Å²) in [6.07, 6.45) is 1.61. The lowest BCUT2D eigenvalue weighted by Crippen LogP contribution is -2.16. The number of ether oxygens (including phenoxy) is 1. The number of carbonyl (C=O) groups is 2. The predicted molar refractivity (Wildman–Crippen MR) is 122 cm³/mol. The molecule has 2 aromatic heterocycles. The van der Waals surface area contributed by atoms with Crippen molar-refractivity contribution in [1.29, 1.82) is 0 Å². The molecule has 0 aliphatic heterocycles. The van der Waals surface area contributed by atoms with E-state index in [0.29, 0.717) is 35.5 Å². The number of para-hydroxylation sites is 1. The van der Waals surface area contributed by atoms with Crippen LogP contribution >= 0.6 is 0 Å². The first-order valence-electron chi connectivity index (χ1n) is 10.3. The van der Waals surface area contributed by atoms with E-state index < -0.39 is 0 Å². The number of nitrogens with zero attached hydrogens (tertiary/aromatic N) is 1. The van der Waals surface area contributed by atoms with Crippen LogP contribution in [-0.2, 0) is 22.5 Å². The molecule has 4 aromatic rings. The molecule has 0 saturated carbocycles.